The minimum Gasteiger partial charge on any atom is -0.497 e. The minimum atomic E-state index is -0.170. The number of carbonyl (C=O) groups excluding carboxylic acids is 1. The number of anilines is 1. The smallest absolute Gasteiger partial charge is 0.321 e. The number of nitrogens with zero attached hydrogens (tertiary/aromatic N) is 1. The van der Waals surface area contributed by atoms with Crippen LogP contribution in [0.15, 0.2) is 54.6 Å². The number of hydrogen-bond acceptors (Lipinski definition) is 4. The van der Waals surface area contributed by atoms with E-state index in [0.717, 1.165) is 43.7 Å². The molecule has 160 valence electrons. The molecule has 0 bridgehead atoms. The van der Waals surface area contributed by atoms with Gasteiger partial charge in [-0.3, -0.25) is 0 Å². The summed E-state index contributed by atoms with van der Waals surface area (Å²) in [6.07, 6.45) is 3.71. The molecule has 2 fully saturated rings. The van der Waals surface area contributed by atoms with Gasteiger partial charge in [-0.05, 0) is 49.1 Å². The van der Waals surface area contributed by atoms with Crippen LogP contribution >= 0.6 is 0 Å². The number of urea groups is 1. The first-order chi connectivity index (χ1) is 14.7. The summed E-state index contributed by atoms with van der Waals surface area (Å²) in [6.45, 7) is 2.73. The molecule has 2 amide bonds. The van der Waals surface area contributed by atoms with Crippen molar-refractivity contribution in [3.63, 3.8) is 0 Å². The first-order valence-corrected chi connectivity index (χ1v) is 10.7. The molecule has 6 nitrogen and oxygen atoms in total. The van der Waals surface area contributed by atoms with E-state index < -0.39 is 0 Å². The number of methoxy groups -OCH3 is 1. The van der Waals surface area contributed by atoms with Crippen molar-refractivity contribution < 1.29 is 19.0 Å². The van der Waals surface area contributed by atoms with Crippen LogP contribution in [0, 0.1) is 0 Å². The monoisotopic (exact) mass is 410 g/mol. The van der Waals surface area contributed by atoms with Crippen LogP contribution in [0.5, 0.6) is 5.75 Å². The van der Waals surface area contributed by atoms with Gasteiger partial charge in [-0.25, -0.2) is 4.79 Å². The predicted molar refractivity (Wildman–Crippen MR) is 116 cm³/mol. The number of amides is 2. The number of hydrogen-bond donors (Lipinski definition) is 1. The van der Waals surface area contributed by atoms with Crippen LogP contribution in [0.2, 0.25) is 0 Å². The molecule has 30 heavy (non-hydrogen) atoms. The van der Waals surface area contributed by atoms with E-state index in [4.69, 9.17) is 14.2 Å². The zero-order valence-electron chi connectivity index (χ0n) is 17.5. The van der Waals surface area contributed by atoms with E-state index in [1.165, 1.54) is 5.56 Å². The molecule has 0 radical (unpaired) electrons. The Morgan fingerprint density at radius 2 is 1.87 bits per heavy atom. The summed E-state index contributed by atoms with van der Waals surface area (Å²) < 4.78 is 17.6. The summed E-state index contributed by atoms with van der Waals surface area (Å²) in [6, 6.07) is 17.6. The number of piperidine rings is 1. The third kappa shape index (κ3) is 5.12. The zero-order chi connectivity index (χ0) is 20.8. The largest absolute Gasteiger partial charge is 0.497 e. The third-order valence-electron chi connectivity index (χ3n) is 6.08. The van der Waals surface area contributed by atoms with Gasteiger partial charge >= 0.3 is 6.03 Å². The Labute approximate surface area is 178 Å². The zero-order valence-corrected chi connectivity index (χ0v) is 17.5. The Bertz CT molecular complexity index is 817. The van der Waals surface area contributed by atoms with Crippen LogP contribution in [-0.2, 0) is 16.1 Å². The molecular formula is C24H30N2O4. The van der Waals surface area contributed by atoms with Crippen LogP contribution in [-0.4, -0.2) is 49.4 Å². The maximum absolute atomic E-state index is 12.6. The van der Waals surface area contributed by atoms with E-state index in [1.54, 1.807) is 7.11 Å². The molecule has 1 spiro atoms. The van der Waals surface area contributed by atoms with Gasteiger partial charge in [-0.2, -0.15) is 0 Å². The molecule has 1 atom stereocenters. The molecule has 4 rings (SSSR count). The van der Waals surface area contributed by atoms with Crippen molar-refractivity contribution in [3.8, 4) is 5.75 Å². The second kappa shape index (κ2) is 9.49. The van der Waals surface area contributed by atoms with Gasteiger partial charge in [0.05, 0.1) is 25.4 Å². The number of nitrogens with one attached hydrogen (secondary N) is 1. The molecule has 0 saturated carbocycles. The highest BCUT2D eigenvalue weighted by molar-refractivity contribution is 5.89. The lowest BCUT2D eigenvalue weighted by molar-refractivity contribution is -0.154. The molecule has 2 aliphatic rings. The first-order valence-electron chi connectivity index (χ1n) is 10.7. The average Bonchev–Trinajstić information content (AvgIpc) is 2.79. The van der Waals surface area contributed by atoms with Gasteiger partial charge in [0.2, 0.25) is 0 Å². The van der Waals surface area contributed by atoms with Gasteiger partial charge in [0.15, 0.2) is 0 Å². The maximum atomic E-state index is 12.6. The molecule has 1 unspecified atom stereocenters. The number of ether oxygens (including phenoxy) is 3. The lowest BCUT2D eigenvalue weighted by Gasteiger charge is -2.46. The highest BCUT2D eigenvalue weighted by atomic mass is 16.5. The van der Waals surface area contributed by atoms with E-state index in [2.05, 4.69) is 17.4 Å². The number of carbonyl (C=O) groups is 1. The summed E-state index contributed by atoms with van der Waals surface area (Å²) in [5, 5.41) is 2.97. The molecule has 2 aromatic rings. The van der Waals surface area contributed by atoms with E-state index in [1.807, 2.05) is 47.4 Å². The van der Waals surface area contributed by atoms with E-state index in [0.29, 0.717) is 19.7 Å². The van der Waals surface area contributed by atoms with Gasteiger partial charge < -0.3 is 24.4 Å². The summed E-state index contributed by atoms with van der Waals surface area (Å²) in [5.74, 6) is 0.770. The van der Waals surface area contributed by atoms with Crippen molar-refractivity contribution in [2.24, 2.45) is 0 Å². The Morgan fingerprint density at radius 1 is 1.13 bits per heavy atom. The first kappa shape index (κ1) is 20.7. The molecule has 6 heteroatoms. The highest BCUT2D eigenvalue weighted by Gasteiger charge is 2.41. The Kier molecular flexibility index (Phi) is 6.55. The lowest BCUT2D eigenvalue weighted by atomic mass is 9.83. The average molecular weight is 411 g/mol. The predicted octanol–water partition coefficient (Wildman–Crippen LogP) is 4.46. The number of benzene rings is 2. The van der Waals surface area contributed by atoms with Crippen molar-refractivity contribution in [1.82, 2.24) is 4.90 Å². The maximum Gasteiger partial charge on any atom is 0.321 e. The van der Waals surface area contributed by atoms with E-state index in [-0.39, 0.29) is 17.7 Å². The van der Waals surface area contributed by atoms with Crippen LogP contribution in [0.1, 0.15) is 31.2 Å². The summed E-state index contributed by atoms with van der Waals surface area (Å²) in [5.41, 5.74) is 1.80. The van der Waals surface area contributed by atoms with Crippen molar-refractivity contribution in [2.45, 2.75) is 44.0 Å². The van der Waals surface area contributed by atoms with Crippen LogP contribution in [0.4, 0.5) is 10.5 Å². The van der Waals surface area contributed by atoms with Crippen LogP contribution < -0.4 is 10.1 Å². The second-order valence-corrected chi connectivity index (χ2v) is 8.09. The Balaban J connectivity index is 1.26. The fourth-order valence-corrected chi connectivity index (χ4v) is 4.26. The lowest BCUT2D eigenvalue weighted by Crippen LogP contribution is -2.52. The van der Waals surface area contributed by atoms with Crippen molar-refractivity contribution in [3.05, 3.63) is 60.2 Å². The second-order valence-electron chi connectivity index (χ2n) is 8.09. The fraction of sp³-hybridized carbons (Fsp3) is 0.458. The SMILES string of the molecule is COc1ccc(NC(=O)N2CCC3(CC2)CC(OCc2ccccc2)CCO3)cc1. The third-order valence-corrected chi connectivity index (χ3v) is 6.08. The normalized spacial score (nSPS) is 20.7. The van der Waals surface area contributed by atoms with Gasteiger partial charge in [-0.15, -0.1) is 0 Å². The van der Waals surface area contributed by atoms with Gasteiger partial charge in [-0.1, -0.05) is 30.3 Å². The summed E-state index contributed by atoms with van der Waals surface area (Å²) in [4.78, 5) is 14.5. The molecule has 1 N–H and O–H groups in total. The topological polar surface area (TPSA) is 60.0 Å². The van der Waals surface area contributed by atoms with Crippen molar-refractivity contribution >= 4 is 11.7 Å². The Morgan fingerprint density at radius 3 is 2.57 bits per heavy atom. The van der Waals surface area contributed by atoms with Gasteiger partial charge in [0, 0.05) is 31.8 Å². The molecule has 2 heterocycles. The number of rotatable bonds is 5. The minimum absolute atomic E-state index is 0.0669. The molecule has 0 aromatic heterocycles. The molecule has 2 aromatic carbocycles. The van der Waals surface area contributed by atoms with Gasteiger partial charge in [0.1, 0.15) is 5.75 Å². The summed E-state index contributed by atoms with van der Waals surface area (Å²) in [7, 11) is 1.63. The van der Waals surface area contributed by atoms with E-state index >= 15 is 0 Å². The molecular weight excluding hydrogens is 380 g/mol. The van der Waals surface area contributed by atoms with Crippen LogP contribution in [0.25, 0.3) is 0 Å². The molecule has 2 aliphatic heterocycles. The summed E-state index contributed by atoms with van der Waals surface area (Å²) >= 11 is 0. The number of likely N-dealkylation sites (tertiary alicyclic amines) is 1. The van der Waals surface area contributed by atoms with E-state index in [9.17, 15) is 4.79 Å². The fourth-order valence-electron chi connectivity index (χ4n) is 4.26. The van der Waals surface area contributed by atoms with Crippen LogP contribution in [0.3, 0.4) is 0 Å². The highest BCUT2D eigenvalue weighted by Crippen LogP contribution is 2.36. The Hall–Kier alpha value is -2.57. The van der Waals surface area contributed by atoms with Crippen molar-refractivity contribution in [2.75, 3.05) is 32.1 Å². The molecule has 2 saturated heterocycles. The van der Waals surface area contributed by atoms with Crippen molar-refractivity contribution in [1.29, 1.82) is 0 Å². The quantitative estimate of drug-likeness (QED) is 0.791. The van der Waals surface area contributed by atoms with Gasteiger partial charge in [0.25, 0.3) is 0 Å². The molecule has 0 aliphatic carbocycles. The standard InChI is InChI=1S/C24H30N2O4/c1-28-21-9-7-20(8-10-21)25-23(27)26-14-12-24(13-15-26)17-22(11-16-30-24)29-18-19-5-3-2-4-6-19/h2-10,22H,11-18H2,1H3,(H,25,27).